The second-order valence-corrected chi connectivity index (χ2v) is 7.36. The molecule has 0 saturated heterocycles. The van der Waals surface area contributed by atoms with Gasteiger partial charge >= 0.3 is 0 Å². The zero-order valence-corrected chi connectivity index (χ0v) is 13.3. The second kappa shape index (κ2) is 7.15. The predicted molar refractivity (Wildman–Crippen MR) is 79.5 cm³/mol. The highest BCUT2D eigenvalue weighted by molar-refractivity contribution is 7.89. The zero-order valence-electron chi connectivity index (χ0n) is 12.5. The van der Waals surface area contributed by atoms with E-state index in [0.717, 1.165) is 12.1 Å². The largest absolute Gasteiger partial charge is 0.309 e. The molecule has 1 rings (SSSR count). The molecule has 0 radical (unpaired) electrons. The Labute approximate surface area is 121 Å². The number of sulfonamides is 1. The fourth-order valence-electron chi connectivity index (χ4n) is 1.90. The average molecular weight is 302 g/mol. The van der Waals surface area contributed by atoms with Crippen molar-refractivity contribution in [2.75, 3.05) is 33.4 Å². The lowest BCUT2D eigenvalue weighted by Gasteiger charge is -2.25. The lowest BCUT2D eigenvalue weighted by molar-refractivity contribution is 0.386. The van der Waals surface area contributed by atoms with Gasteiger partial charge in [-0.2, -0.15) is 4.31 Å². The molecule has 0 amide bonds. The van der Waals surface area contributed by atoms with Crippen LogP contribution < -0.4 is 0 Å². The van der Waals surface area contributed by atoms with Gasteiger partial charge in [-0.1, -0.05) is 12.1 Å². The molecule has 114 valence electrons. The quantitative estimate of drug-likeness (QED) is 0.774. The van der Waals surface area contributed by atoms with Crippen LogP contribution in [0.1, 0.15) is 24.9 Å². The fraction of sp³-hybridized carbons (Fsp3) is 0.571. The van der Waals surface area contributed by atoms with Crippen LogP contribution in [0.3, 0.4) is 0 Å². The number of benzene rings is 1. The Bertz CT molecular complexity index is 514. The van der Waals surface area contributed by atoms with Crippen LogP contribution in [-0.4, -0.2) is 51.1 Å². The van der Waals surface area contributed by atoms with Crippen LogP contribution in [0, 0.1) is 5.82 Å². The summed E-state index contributed by atoms with van der Waals surface area (Å²) in [5.74, 6) is -0.204. The van der Waals surface area contributed by atoms with Crippen molar-refractivity contribution < 1.29 is 12.8 Å². The molecule has 4 nitrogen and oxygen atoms in total. The highest BCUT2D eigenvalue weighted by Gasteiger charge is 2.23. The normalized spacial score (nSPS) is 13.9. The molecule has 0 aliphatic heterocycles. The van der Waals surface area contributed by atoms with Crippen molar-refractivity contribution in [3.8, 4) is 0 Å². The van der Waals surface area contributed by atoms with Crippen molar-refractivity contribution in [1.82, 2.24) is 9.21 Å². The van der Waals surface area contributed by atoms with E-state index in [9.17, 15) is 12.8 Å². The van der Waals surface area contributed by atoms with Crippen molar-refractivity contribution in [2.24, 2.45) is 0 Å². The SMILES string of the molecule is C[C@H](c1ccc(F)cc1)N(C)S(=O)(=O)CCCN(C)C. The number of halogens is 1. The van der Waals surface area contributed by atoms with E-state index in [1.807, 2.05) is 19.0 Å². The minimum atomic E-state index is -3.30. The van der Waals surface area contributed by atoms with Gasteiger partial charge in [-0.3, -0.25) is 0 Å². The first-order valence-electron chi connectivity index (χ1n) is 6.60. The predicted octanol–water partition coefficient (Wildman–Crippen LogP) is 2.10. The summed E-state index contributed by atoms with van der Waals surface area (Å²) in [7, 11) is 2.10. The Kier molecular flexibility index (Phi) is 6.10. The standard InChI is InChI=1S/C14H23FN2O2S/c1-12(13-6-8-14(15)9-7-13)17(4)20(18,19)11-5-10-16(2)3/h6-9,12H,5,10-11H2,1-4H3/t12-/m1/s1. The van der Waals surface area contributed by atoms with Crippen molar-refractivity contribution in [1.29, 1.82) is 0 Å². The van der Waals surface area contributed by atoms with Crippen LogP contribution in [0.15, 0.2) is 24.3 Å². The smallest absolute Gasteiger partial charge is 0.214 e. The topological polar surface area (TPSA) is 40.6 Å². The molecule has 0 bridgehead atoms. The highest BCUT2D eigenvalue weighted by atomic mass is 32.2. The maximum absolute atomic E-state index is 12.9. The van der Waals surface area contributed by atoms with E-state index in [-0.39, 0.29) is 17.6 Å². The molecule has 0 aliphatic rings. The molecule has 1 atom stereocenters. The zero-order chi connectivity index (χ0) is 15.3. The third-order valence-electron chi connectivity index (χ3n) is 3.34. The van der Waals surface area contributed by atoms with Gasteiger partial charge in [0.1, 0.15) is 5.82 Å². The summed E-state index contributed by atoms with van der Waals surface area (Å²) in [5, 5.41) is 0. The molecule has 1 aromatic rings. The summed E-state index contributed by atoms with van der Waals surface area (Å²) >= 11 is 0. The van der Waals surface area contributed by atoms with Gasteiger partial charge in [0.05, 0.1) is 5.75 Å². The molecule has 0 unspecified atom stereocenters. The number of rotatable bonds is 7. The van der Waals surface area contributed by atoms with Crippen molar-refractivity contribution >= 4 is 10.0 Å². The van der Waals surface area contributed by atoms with E-state index in [1.54, 1.807) is 26.1 Å². The van der Waals surface area contributed by atoms with Gasteiger partial charge in [-0.15, -0.1) is 0 Å². The lowest BCUT2D eigenvalue weighted by atomic mass is 10.1. The molecular formula is C14H23FN2O2S. The van der Waals surface area contributed by atoms with Gasteiger partial charge in [-0.25, -0.2) is 12.8 Å². The van der Waals surface area contributed by atoms with Gasteiger partial charge in [-0.05, 0) is 51.7 Å². The Morgan fingerprint density at radius 2 is 1.70 bits per heavy atom. The summed E-state index contributed by atoms with van der Waals surface area (Å²) in [6, 6.07) is 5.62. The van der Waals surface area contributed by atoms with Gasteiger partial charge in [0.2, 0.25) is 10.0 Å². The Morgan fingerprint density at radius 1 is 1.15 bits per heavy atom. The first-order chi connectivity index (χ1) is 9.24. The maximum Gasteiger partial charge on any atom is 0.214 e. The summed E-state index contributed by atoms with van der Waals surface area (Å²) in [6.07, 6.45) is 0.593. The van der Waals surface area contributed by atoms with Crippen LogP contribution in [0.4, 0.5) is 4.39 Å². The molecule has 0 fully saturated rings. The molecule has 0 spiro atoms. The molecule has 0 aliphatic carbocycles. The van der Waals surface area contributed by atoms with Crippen LogP contribution >= 0.6 is 0 Å². The molecule has 20 heavy (non-hydrogen) atoms. The van der Waals surface area contributed by atoms with E-state index in [4.69, 9.17) is 0 Å². The molecule has 1 aromatic carbocycles. The number of hydrogen-bond acceptors (Lipinski definition) is 3. The minimum absolute atomic E-state index is 0.118. The first kappa shape index (κ1) is 17.1. The molecule has 0 saturated carbocycles. The lowest BCUT2D eigenvalue weighted by Crippen LogP contribution is -2.32. The van der Waals surface area contributed by atoms with E-state index in [0.29, 0.717) is 6.42 Å². The minimum Gasteiger partial charge on any atom is -0.309 e. The Balaban J connectivity index is 2.71. The summed E-state index contributed by atoms with van der Waals surface area (Å²) in [4.78, 5) is 1.96. The van der Waals surface area contributed by atoms with Crippen molar-refractivity contribution in [3.05, 3.63) is 35.6 Å². The van der Waals surface area contributed by atoms with Gasteiger partial charge in [0.25, 0.3) is 0 Å². The molecule has 0 N–H and O–H groups in total. The van der Waals surface area contributed by atoms with Crippen molar-refractivity contribution in [2.45, 2.75) is 19.4 Å². The molecule has 6 heteroatoms. The van der Waals surface area contributed by atoms with E-state index < -0.39 is 10.0 Å². The summed E-state index contributed by atoms with van der Waals surface area (Å²) < 4.78 is 38.7. The van der Waals surface area contributed by atoms with Crippen LogP contribution in [-0.2, 0) is 10.0 Å². The summed E-state index contributed by atoms with van der Waals surface area (Å²) in [5.41, 5.74) is 0.782. The summed E-state index contributed by atoms with van der Waals surface area (Å²) in [6.45, 7) is 2.54. The number of nitrogens with zero attached hydrogens (tertiary/aromatic N) is 2. The third-order valence-corrected chi connectivity index (χ3v) is 5.34. The van der Waals surface area contributed by atoms with E-state index in [1.165, 1.54) is 16.4 Å². The van der Waals surface area contributed by atoms with Crippen LogP contribution in [0.25, 0.3) is 0 Å². The van der Waals surface area contributed by atoms with E-state index in [2.05, 4.69) is 0 Å². The number of hydrogen-bond donors (Lipinski definition) is 0. The molecule has 0 heterocycles. The first-order valence-corrected chi connectivity index (χ1v) is 8.21. The monoisotopic (exact) mass is 302 g/mol. The van der Waals surface area contributed by atoms with Crippen molar-refractivity contribution in [3.63, 3.8) is 0 Å². The van der Waals surface area contributed by atoms with Gasteiger partial charge in [0.15, 0.2) is 0 Å². The van der Waals surface area contributed by atoms with Gasteiger partial charge in [0, 0.05) is 13.1 Å². The second-order valence-electron chi connectivity index (χ2n) is 5.22. The highest BCUT2D eigenvalue weighted by Crippen LogP contribution is 2.22. The molecule has 0 aromatic heterocycles. The Hall–Kier alpha value is -0.980. The fourth-order valence-corrected chi connectivity index (χ4v) is 3.28. The van der Waals surface area contributed by atoms with Crippen LogP contribution in [0.5, 0.6) is 0 Å². The van der Waals surface area contributed by atoms with E-state index >= 15 is 0 Å². The molecular weight excluding hydrogens is 279 g/mol. The maximum atomic E-state index is 12.9. The average Bonchev–Trinajstić information content (AvgIpc) is 2.37. The third kappa shape index (κ3) is 4.85. The van der Waals surface area contributed by atoms with Gasteiger partial charge < -0.3 is 4.90 Å². The Morgan fingerprint density at radius 3 is 2.20 bits per heavy atom. The van der Waals surface area contributed by atoms with Crippen LogP contribution in [0.2, 0.25) is 0 Å².